The van der Waals surface area contributed by atoms with Crippen LogP contribution in [-0.4, -0.2) is 104 Å². The zero-order chi connectivity index (χ0) is 40.4. The van der Waals surface area contributed by atoms with Gasteiger partial charge in [-0.3, -0.25) is 43.8 Å². The monoisotopic (exact) mass is 796 g/mol. The second kappa shape index (κ2) is 16.1. The number of hydrogen-bond acceptors (Lipinski definition) is 12. The van der Waals surface area contributed by atoms with Crippen molar-refractivity contribution in [1.29, 1.82) is 5.26 Å². The average molecular weight is 797 g/mol. The minimum Gasteiger partial charge on any atom is -0.490 e. The van der Waals surface area contributed by atoms with Crippen LogP contribution in [0, 0.1) is 11.3 Å². The van der Waals surface area contributed by atoms with E-state index in [2.05, 4.69) is 15.6 Å². The Morgan fingerprint density at radius 2 is 1.77 bits per heavy atom. The molecule has 1 atom stereocenters. The van der Waals surface area contributed by atoms with Gasteiger partial charge >= 0.3 is 6.18 Å². The number of benzene rings is 2. The Bertz CT molecular complexity index is 2130. The van der Waals surface area contributed by atoms with Gasteiger partial charge in [0.05, 0.1) is 66.6 Å². The molecule has 6 rings (SSSR count). The molecule has 3 aromatic rings. The molecule has 0 radical (unpaired) electrons. The summed E-state index contributed by atoms with van der Waals surface area (Å²) < 4.78 is 59.3. The van der Waals surface area contributed by atoms with Crippen molar-refractivity contribution in [2.75, 3.05) is 37.9 Å². The summed E-state index contributed by atoms with van der Waals surface area (Å²) >= 11 is 5.54. The maximum Gasteiger partial charge on any atom is 0.417 e. The molecule has 0 bridgehead atoms. The van der Waals surface area contributed by atoms with E-state index in [-0.39, 0.29) is 73.6 Å². The number of carbonyl (C=O) groups is 5. The van der Waals surface area contributed by atoms with Crippen molar-refractivity contribution in [3.05, 3.63) is 70.5 Å². The van der Waals surface area contributed by atoms with Gasteiger partial charge in [-0.05, 0) is 69.2 Å². The molecule has 20 heteroatoms. The maximum atomic E-state index is 13.6. The Morgan fingerprint density at radius 3 is 2.50 bits per heavy atom. The number of hydrogen-bond donors (Lipinski definition) is 1. The van der Waals surface area contributed by atoms with Crippen molar-refractivity contribution >= 4 is 52.6 Å². The first-order chi connectivity index (χ1) is 26.6. The maximum absolute atomic E-state index is 13.6. The number of ether oxygens (including phenoxy) is 3. The first kappa shape index (κ1) is 39.9. The highest BCUT2D eigenvalue weighted by Gasteiger charge is 2.50. The lowest BCUT2D eigenvalue weighted by Crippen LogP contribution is -2.54. The van der Waals surface area contributed by atoms with E-state index in [9.17, 15) is 37.1 Å². The highest BCUT2D eigenvalue weighted by molar-refractivity contribution is 7.80. The van der Waals surface area contributed by atoms with Crippen molar-refractivity contribution in [3.63, 3.8) is 0 Å². The van der Waals surface area contributed by atoms with E-state index in [0.29, 0.717) is 25.2 Å². The van der Waals surface area contributed by atoms with Gasteiger partial charge in [-0.2, -0.15) is 18.4 Å². The van der Waals surface area contributed by atoms with Gasteiger partial charge in [-0.1, -0.05) is 11.3 Å². The molecule has 2 aromatic carbocycles. The molecular formula is C36H35F3N8O8S. The number of fused-ring (bicyclic) bond motifs is 1. The van der Waals surface area contributed by atoms with Gasteiger partial charge in [0.15, 0.2) is 5.11 Å². The zero-order valence-corrected chi connectivity index (χ0v) is 30.9. The van der Waals surface area contributed by atoms with Crippen LogP contribution in [0.25, 0.3) is 0 Å². The van der Waals surface area contributed by atoms with Crippen LogP contribution >= 0.6 is 12.2 Å². The van der Waals surface area contributed by atoms with E-state index in [1.54, 1.807) is 41.8 Å². The summed E-state index contributed by atoms with van der Waals surface area (Å²) in [5.41, 5.74) is -2.20. The lowest BCUT2D eigenvalue weighted by atomic mass is 10.0. The zero-order valence-electron chi connectivity index (χ0n) is 30.1. The smallest absolute Gasteiger partial charge is 0.417 e. The number of rotatable bonds is 15. The number of nitrogens with zero attached hydrogens (tertiary/aromatic N) is 7. The van der Waals surface area contributed by atoms with Crippen LogP contribution in [0.15, 0.2) is 42.6 Å². The number of nitriles is 1. The van der Waals surface area contributed by atoms with Crippen LogP contribution in [-0.2, 0) is 43.2 Å². The second-order valence-corrected chi connectivity index (χ2v) is 13.8. The summed E-state index contributed by atoms with van der Waals surface area (Å²) in [5.74, 6) is -2.77. The summed E-state index contributed by atoms with van der Waals surface area (Å²) in [6, 6.07) is 8.09. The van der Waals surface area contributed by atoms with Gasteiger partial charge in [0.1, 0.15) is 29.6 Å². The lowest BCUT2D eigenvalue weighted by molar-refractivity contribution is -0.138. The Morgan fingerprint density at radius 1 is 1.02 bits per heavy atom. The van der Waals surface area contributed by atoms with Crippen LogP contribution in [0.3, 0.4) is 0 Å². The molecule has 0 spiro atoms. The standard InChI is InChI=1S/C36H35F3N8O8S/c1-35(2)33(52)46(23-8-7-21(18-40)25(17-23)36(37,38)39)34(56)45(35)12-4-11-44-19-22(42-43-44)20-54-14-13-53-15-16-55-27-6-3-5-24-29(27)32(51)47(31(24)50)26-9-10-28(48)41-30(26)49/h3,5-8,17,19,26H,4,9-16,20H2,1-2H3,(H,41,48,49). The lowest BCUT2D eigenvalue weighted by Gasteiger charge is -2.29. The van der Waals surface area contributed by atoms with E-state index >= 15 is 0 Å². The van der Waals surface area contributed by atoms with Gasteiger partial charge in [0, 0.05) is 19.5 Å². The highest BCUT2D eigenvalue weighted by Crippen LogP contribution is 2.38. The van der Waals surface area contributed by atoms with Crippen LogP contribution < -0.4 is 15.0 Å². The molecule has 294 valence electrons. The molecule has 1 N–H and O–H groups in total. The summed E-state index contributed by atoms with van der Waals surface area (Å²) in [7, 11) is 0. The minimum absolute atomic E-state index is 0.0156. The van der Waals surface area contributed by atoms with Crippen LogP contribution in [0.5, 0.6) is 5.75 Å². The molecule has 1 unspecified atom stereocenters. The van der Waals surface area contributed by atoms with Crippen molar-refractivity contribution in [2.24, 2.45) is 0 Å². The number of thiocarbonyl (C=S) groups is 1. The van der Waals surface area contributed by atoms with E-state index in [0.717, 1.165) is 21.9 Å². The Labute approximate surface area is 323 Å². The van der Waals surface area contributed by atoms with Crippen LogP contribution in [0.1, 0.15) is 70.6 Å². The van der Waals surface area contributed by atoms with Crippen molar-refractivity contribution in [2.45, 2.75) is 64.0 Å². The summed E-state index contributed by atoms with van der Waals surface area (Å²) in [6.07, 6.45) is -2.56. The molecule has 3 aliphatic heterocycles. The van der Waals surface area contributed by atoms with Crippen LogP contribution in [0.2, 0.25) is 0 Å². The van der Waals surface area contributed by atoms with E-state index in [1.807, 2.05) is 0 Å². The molecule has 16 nitrogen and oxygen atoms in total. The van der Waals surface area contributed by atoms with Crippen LogP contribution in [0.4, 0.5) is 18.9 Å². The fourth-order valence-electron chi connectivity index (χ4n) is 6.56. The number of halogens is 3. The first-order valence-corrected chi connectivity index (χ1v) is 17.8. The molecule has 5 amide bonds. The fourth-order valence-corrected chi connectivity index (χ4v) is 7.07. The number of alkyl halides is 3. The predicted molar refractivity (Wildman–Crippen MR) is 191 cm³/mol. The molecule has 56 heavy (non-hydrogen) atoms. The number of aryl methyl sites for hydroxylation is 1. The number of aromatic nitrogens is 3. The molecule has 0 saturated carbocycles. The van der Waals surface area contributed by atoms with Gasteiger partial charge < -0.3 is 19.1 Å². The molecule has 4 heterocycles. The Balaban J connectivity index is 0.908. The second-order valence-electron chi connectivity index (χ2n) is 13.4. The Hall–Kier alpha value is -5.78. The third kappa shape index (κ3) is 7.96. The Kier molecular flexibility index (Phi) is 11.5. The SMILES string of the molecule is CC1(C)C(=O)N(c2ccc(C#N)c(C(F)(F)F)c2)C(=S)N1CCCn1cc(COCCOCCOc2cccc3c2C(=O)N(C2CCC(=O)NC2=O)C3=O)nn1. The predicted octanol–water partition coefficient (Wildman–Crippen LogP) is 2.98. The highest BCUT2D eigenvalue weighted by atomic mass is 32.1. The summed E-state index contributed by atoms with van der Waals surface area (Å²) in [5, 5.41) is 19.5. The van der Waals surface area contributed by atoms with E-state index in [1.165, 1.54) is 18.2 Å². The number of imide groups is 2. The summed E-state index contributed by atoms with van der Waals surface area (Å²) in [6.45, 7) is 4.75. The number of carbonyl (C=O) groups excluding carboxylic acids is 5. The van der Waals surface area contributed by atoms with Gasteiger partial charge in [-0.25, -0.2) is 0 Å². The van der Waals surface area contributed by atoms with E-state index < -0.39 is 58.4 Å². The molecule has 0 aliphatic carbocycles. The average Bonchev–Trinajstić information content (AvgIpc) is 3.76. The molecule has 2 fully saturated rings. The quantitative estimate of drug-likeness (QED) is 0.134. The molecule has 1 aromatic heterocycles. The number of piperidine rings is 1. The molecular weight excluding hydrogens is 762 g/mol. The normalized spacial score (nSPS) is 18.1. The summed E-state index contributed by atoms with van der Waals surface area (Å²) in [4.78, 5) is 67.0. The van der Waals surface area contributed by atoms with Crippen molar-refractivity contribution < 1.29 is 51.4 Å². The van der Waals surface area contributed by atoms with Gasteiger partial charge in [-0.15, -0.1) is 5.10 Å². The minimum atomic E-state index is -4.79. The van der Waals surface area contributed by atoms with Gasteiger partial charge in [0.25, 0.3) is 17.7 Å². The largest absolute Gasteiger partial charge is 0.490 e. The number of nitrogens with one attached hydrogen (secondary N) is 1. The fraction of sp³-hybridized carbons (Fsp3) is 0.417. The van der Waals surface area contributed by atoms with Crippen molar-refractivity contribution in [3.8, 4) is 11.8 Å². The number of anilines is 1. The first-order valence-electron chi connectivity index (χ1n) is 17.4. The third-order valence-electron chi connectivity index (χ3n) is 9.40. The van der Waals surface area contributed by atoms with Crippen molar-refractivity contribution in [1.82, 2.24) is 30.1 Å². The van der Waals surface area contributed by atoms with E-state index in [4.69, 9.17) is 31.7 Å². The van der Waals surface area contributed by atoms with Gasteiger partial charge in [0.2, 0.25) is 11.8 Å². The third-order valence-corrected chi connectivity index (χ3v) is 9.81. The topological polar surface area (TPSA) is 189 Å². The molecule has 3 aliphatic rings. The molecule has 2 saturated heterocycles. The number of amides is 5.